The van der Waals surface area contributed by atoms with Crippen LogP contribution in [0.4, 0.5) is 19.0 Å². The van der Waals surface area contributed by atoms with Gasteiger partial charge in [-0.2, -0.15) is 4.98 Å². The second kappa shape index (κ2) is 10.1. The summed E-state index contributed by atoms with van der Waals surface area (Å²) in [6, 6.07) is 4.92. The van der Waals surface area contributed by atoms with Gasteiger partial charge in [-0.1, -0.05) is 19.4 Å². The molecule has 180 valence electrons. The highest BCUT2D eigenvalue weighted by Gasteiger charge is 2.36. The molecule has 1 aliphatic rings. The highest BCUT2D eigenvalue weighted by molar-refractivity contribution is 6.07. The van der Waals surface area contributed by atoms with Crippen LogP contribution in [0.3, 0.4) is 0 Å². The largest absolute Gasteiger partial charge is 0.573 e. The molecule has 0 spiro atoms. The summed E-state index contributed by atoms with van der Waals surface area (Å²) in [5.41, 5.74) is 0.146. The predicted octanol–water partition coefficient (Wildman–Crippen LogP) is 3.18. The SMILES string of the molecule is CCCCn1c(Oc2cccc(OC(F)(F)F)c2)nc2c1C(=O)N(CCCO)CC(=O)N2C. The molecule has 2 amide bonds. The molecule has 0 atom stereocenters. The van der Waals surface area contributed by atoms with E-state index < -0.39 is 18.0 Å². The van der Waals surface area contributed by atoms with Crippen molar-refractivity contribution in [3.63, 3.8) is 0 Å². The van der Waals surface area contributed by atoms with E-state index in [1.807, 2.05) is 6.92 Å². The van der Waals surface area contributed by atoms with E-state index in [-0.39, 0.29) is 48.9 Å². The summed E-state index contributed by atoms with van der Waals surface area (Å²) in [7, 11) is 1.49. The fourth-order valence-corrected chi connectivity index (χ4v) is 3.36. The third-order valence-corrected chi connectivity index (χ3v) is 4.99. The number of unbranched alkanes of at least 4 members (excludes halogenated alkanes) is 1. The standard InChI is InChI=1S/C21H25F3N4O5/c1-3-4-10-28-17-18(26(2)16(30)13-27(19(17)31)9-6-11-29)25-20(28)32-14-7-5-8-15(12-14)33-21(22,23)24/h5,7-8,12,29H,3-4,6,9-11,13H2,1-2H3. The van der Waals surface area contributed by atoms with Crippen molar-refractivity contribution in [1.29, 1.82) is 0 Å². The van der Waals surface area contributed by atoms with Gasteiger partial charge in [0.1, 0.15) is 18.0 Å². The normalized spacial score (nSPS) is 14.4. The minimum atomic E-state index is -4.86. The number of ether oxygens (including phenoxy) is 2. The number of carbonyl (C=O) groups excluding carboxylic acids is 2. The molecule has 0 saturated heterocycles. The number of benzene rings is 1. The molecule has 2 aromatic rings. The number of nitrogens with zero attached hydrogens (tertiary/aromatic N) is 4. The van der Waals surface area contributed by atoms with Gasteiger partial charge in [0, 0.05) is 32.8 Å². The van der Waals surface area contributed by atoms with Gasteiger partial charge < -0.3 is 19.5 Å². The van der Waals surface area contributed by atoms with Crippen molar-refractivity contribution in [3.05, 3.63) is 30.0 Å². The van der Waals surface area contributed by atoms with Crippen LogP contribution in [0.2, 0.25) is 0 Å². The van der Waals surface area contributed by atoms with Crippen LogP contribution in [0.25, 0.3) is 0 Å². The Hall–Kier alpha value is -3.28. The first-order valence-electron chi connectivity index (χ1n) is 10.5. The van der Waals surface area contributed by atoms with Gasteiger partial charge in [-0.25, -0.2) is 0 Å². The van der Waals surface area contributed by atoms with Crippen molar-refractivity contribution in [2.24, 2.45) is 0 Å². The maximum absolute atomic E-state index is 13.3. The van der Waals surface area contributed by atoms with Crippen LogP contribution in [-0.4, -0.2) is 64.5 Å². The highest BCUT2D eigenvalue weighted by Crippen LogP contribution is 2.34. The lowest BCUT2D eigenvalue weighted by Crippen LogP contribution is -2.39. The third kappa shape index (κ3) is 5.75. The fourth-order valence-electron chi connectivity index (χ4n) is 3.36. The number of hydrogen-bond acceptors (Lipinski definition) is 6. The van der Waals surface area contributed by atoms with Crippen LogP contribution < -0.4 is 14.4 Å². The van der Waals surface area contributed by atoms with Gasteiger partial charge >= 0.3 is 12.4 Å². The highest BCUT2D eigenvalue weighted by atomic mass is 19.4. The molecule has 1 aromatic carbocycles. The molecule has 1 N–H and O–H groups in total. The Bertz CT molecular complexity index is 1010. The summed E-state index contributed by atoms with van der Waals surface area (Å²) in [6.45, 7) is 2.18. The number of aliphatic hydroxyl groups is 1. The van der Waals surface area contributed by atoms with E-state index in [0.717, 1.165) is 18.6 Å². The maximum Gasteiger partial charge on any atom is 0.573 e. The summed E-state index contributed by atoms with van der Waals surface area (Å²) in [4.78, 5) is 32.9. The molecule has 0 fully saturated rings. The summed E-state index contributed by atoms with van der Waals surface area (Å²) in [6.07, 6.45) is -3.10. The second-order valence-electron chi connectivity index (χ2n) is 7.45. The van der Waals surface area contributed by atoms with Crippen LogP contribution >= 0.6 is 0 Å². The van der Waals surface area contributed by atoms with Crippen LogP contribution in [0.15, 0.2) is 24.3 Å². The molecule has 0 bridgehead atoms. The fraction of sp³-hybridized carbons (Fsp3) is 0.476. The number of fused-ring (bicyclic) bond motifs is 1. The molecule has 33 heavy (non-hydrogen) atoms. The number of amides is 2. The lowest BCUT2D eigenvalue weighted by Gasteiger charge is -2.20. The van der Waals surface area contributed by atoms with Crippen LogP contribution in [0, 0.1) is 0 Å². The van der Waals surface area contributed by atoms with Crippen molar-refractivity contribution in [3.8, 4) is 17.5 Å². The quantitative estimate of drug-likeness (QED) is 0.605. The molecular weight excluding hydrogens is 445 g/mol. The minimum Gasteiger partial charge on any atom is -0.425 e. The Morgan fingerprint density at radius 1 is 1.15 bits per heavy atom. The average molecular weight is 470 g/mol. The van der Waals surface area contributed by atoms with Crippen molar-refractivity contribution < 1.29 is 37.3 Å². The lowest BCUT2D eigenvalue weighted by atomic mass is 10.3. The van der Waals surface area contributed by atoms with E-state index in [9.17, 15) is 22.8 Å². The number of halogens is 3. The second-order valence-corrected chi connectivity index (χ2v) is 7.45. The van der Waals surface area contributed by atoms with E-state index in [2.05, 4.69) is 9.72 Å². The zero-order valence-corrected chi connectivity index (χ0v) is 18.3. The topological polar surface area (TPSA) is 97.1 Å². The monoisotopic (exact) mass is 470 g/mol. The smallest absolute Gasteiger partial charge is 0.425 e. The maximum atomic E-state index is 13.3. The van der Waals surface area contributed by atoms with Gasteiger partial charge in [0.15, 0.2) is 11.5 Å². The predicted molar refractivity (Wildman–Crippen MR) is 111 cm³/mol. The summed E-state index contributed by atoms with van der Waals surface area (Å²) < 4.78 is 48.9. The van der Waals surface area contributed by atoms with E-state index in [0.29, 0.717) is 19.4 Å². The molecule has 0 radical (unpaired) electrons. The van der Waals surface area contributed by atoms with Crippen molar-refractivity contribution in [2.45, 2.75) is 39.1 Å². The van der Waals surface area contributed by atoms with E-state index in [1.54, 1.807) is 0 Å². The van der Waals surface area contributed by atoms with Crippen LogP contribution in [-0.2, 0) is 11.3 Å². The van der Waals surface area contributed by atoms with Gasteiger partial charge in [-0.3, -0.25) is 19.1 Å². The Morgan fingerprint density at radius 2 is 1.88 bits per heavy atom. The molecular formula is C21H25F3N4O5. The first-order valence-corrected chi connectivity index (χ1v) is 10.5. The van der Waals surface area contributed by atoms with Gasteiger partial charge in [-0.15, -0.1) is 13.2 Å². The van der Waals surface area contributed by atoms with Crippen molar-refractivity contribution in [2.75, 3.05) is 31.6 Å². The number of alkyl halides is 3. The molecule has 2 heterocycles. The minimum absolute atomic E-state index is 0.0215. The van der Waals surface area contributed by atoms with E-state index >= 15 is 0 Å². The Kier molecular flexibility index (Phi) is 7.46. The number of rotatable bonds is 9. The summed E-state index contributed by atoms with van der Waals surface area (Å²) in [5, 5.41) is 9.15. The summed E-state index contributed by atoms with van der Waals surface area (Å²) >= 11 is 0. The molecule has 0 saturated carbocycles. The summed E-state index contributed by atoms with van der Waals surface area (Å²) in [5.74, 6) is -1.15. The van der Waals surface area contributed by atoms with Crippen LogP contribution in [0.1, 0.15) is 36.7 Å². The number of hydrogen-bond donors (Lipinski definition) is 1. The van der Waals surface area contributed by atoms with Gasteiger partial charge in [0.05, 0.1) is 0 Å². The first kappa shape index (κ1) is 24.4. The number of carbonyl (C=O) groups is 2. The lowest BCUT2D eigenvalue weighted by molar-refractivity contribution is -0.274. The number of anilines is 1. The van der Waals surface area contributed by atoms with Gasteiger partial charge in [-0.05, 0) is 25.0 Å². The Balaban J connectivity index is 2.02. The molecule has 9 nitrogen and oxygen atoms in total. The number of likely N-dealkylation sites (N-methyl/N-ethyl adjacent to an activating group) is 1. The first-order chi connectivity index (χ1) is 15.6. The Morgan fingerprint density at radius 3 is 2.55 bits per heavy atom. The average Bonchev–Trinajstić information content (AvgIpc) is 3.06. The molecule has 1 aromatic heterocycles. The van der Waals surface area contributed by atoms with Gasteiger partial charge in [0.2, 0.25) is 5.91 Å². The molecule has 0 aliphatic carbocycles. The zero-order valence-electron chi connectivity index (χ0n) is 18.3. The molecule has 1 aliphatic heterocycles. The van der Waals surface area contributed by atoms with E-state index in [1.165, 1.54) is 33.5 Å². The molecule has 0 unspecified atom stereocenters. The van der Waals surface area contributed by atoms with Crippen LogP contribution in [0.5, 0.6) is 17.5 Å². The number of aliphatic hydroxyl groups excluding tert-OH is 1. The zero-order chi connectivity index (χ0) is 24.2. The van der Waals surface area contributed by atoms with Gasteiger partial charge in [0.25, 0.3) is 5.91 Å². The molecule has 3 rings (SSSR count). The van der Waals surface area contributed by atoms with E-state index in [4.69, 9.17) is 9.84 Å². The number of aromatic nitrogens is 2. The Labute approximate surface area is 188 Å². The van der Waals surface area contributed by atoms with Crippen molar-refractivity contribution >= 4 is 17.6 Å². The number of imidazole rings is 1. The molecule has 12 heteroatoms. The third-order valence-electron chi connectivity index (χ3n) is 4.99. The van der Waals surface area contributed by atoms with Crippen molar-refractivity contribution in [1.82, 2.24) is 14.5 Å².